The maximum atomic E-state index is 11.7. The van der Waals surface area contributed by atoms with Crippen molar-refractivity contribution in [1.82, 2.24) is 9.97 Å². The fraction of sp³-hybridized carbons (Fsp3) is 0.261. The van der Waals surface area contributed by atoms with Crippen molar-refractivity contribution in [3.05, 3.63) is 87.2 Å². The third kappa shape index (κ3) is 4.42. The van der Waals surface area contributed by atoms with Gasteiger partial charge in [0.15, 0.2) is 0 Å². The number of rotatable bonds is 6. The topological polar surface area (TPSA) is 66.3 Å². The molecule has 154 valence electrons. The van der Waals surface area contributed by atoms with Crippen molar-refractivity contribution < 1.29 is 9.90 Å². The number of anilines is 1. The lowest BCUT2D eigenvalue weighted by Crippen LogP contribution is -2.25. The SMILES string of the molecule is O=C(O)c1cnc(N2CCC[C@H]2c2ccc(Cl)cc2)nc1CCc1ccccc1Cl. The lowest BCUT2D eigenvalue weighted by Gasteiger charge is -2.25. The number of halogens is 2. The normalized spacial score (nSPS) is 16.1. The third-order valence-electron chi connectivity index (χ3n) is 5.44. The summed E-state index contributed by atoms with van der Waals surface area (Å²) in [7, 11) is 0. The number of carboxylic acids is 1. The van der Waals surface area contributed by atoms with E-state index in [9.17, 15) is 9.90 Å². The molecule has 4 rings (SSSR count). The summed E-state index contributed by atoms with van der Waals surface area (Å²) in [5.41, 5.74) is 2.78. The first-order valence-corrected chi connectivity index (χ1v) is 10.6. The Labute approximate surface area is 185 Å². The van der Waals surface area contributed by atoms with Crippen molar-refractivity contribution in [3.8, 4) is 0 Å². The van der Waals surface area contributed by atoms with Crippen LogP contribution in [-0.4, -0.2) is 27.6 Å². The molecule has 1 aromatic heterocycles. The number of hydrogen-bond acceptors (Lipinski definition) is 4. The summed E-state index contributed by atoms with van der Waals surface area (Å²) < 4.78 is 0. The molecule has 30 heavy (non-hydrogen) atoms. The Bertz CT molecular complexity index is 1060. The van der Waals surface area contributed by atoms with Crippen molar-refractivity contribution >= 4 is 35.1 Å². The molecule has 2 aromatic carbocycles. The minimum atomic E-state index is -1.02. The van der Waals surface area contributed by atoms with E-state index >= 15 is 0 Å². The summed E-state index contributed by atoms with van der Waals surface area (Å²) in [4.78, 5) is 22.9. The van der Waals surface area contributed by atoms with Crippen LogP contribution in [0, 0.1) is 0 Å². The average molecular weight is 442 g/mol. The lowest BCUT2D eigenvalue weighted by atomic mass is 10.0. The summed E-state index contributed by atoms with van der Waals surface area (Å²) >= 11 is 12.3. The number of aromatic nitrogens is 2. The first-order chi connectivity index (χ1) is 14.5. The van der Waals surface area contributed by atoms with E-state index in [1.165, 1.54) is 6.20 Å². The van der Waals surface area contributed by atoms with E-state index in [1.807, 2.05) is 48.5 Å². The highest BCUT2D eigenvalue weighted by Crippen LogP contribution is 2.35. The molecule has 0 radical (unpaired) electrons. The van der Waals surface area contributed by atoms with Crippen molar-refractivity contribution in [2.24, 2.45) is 0 Å². The molecule has 1 N–H and O–H groups in total. The number of carbonyl (C=O) groups is 1. The molecule has 3 aromatic rings. The molecular weight excluding hydrogens is 421 g/mol. The van der Waals surface area contributed by atoms with E-state index in [2.05, 4.69) is 14.9 Å². The van der Waals surface area contributed by atoms with Crippen LogP contribution in [0.25, 0.3) is 0 Å². The van der Waals surface area contributed by atoms with Crippen molar-refractivity contribution in [2.45, 2.75) is 31.7 Å². The molecule has 0 bridgehead atoms. The van der Waals surface area contributed by atoms with Gasteiger partial charge in [-0.15, -0.1) is 0 Å². The molecule has 1 atom stereocenters. The van der Waals surface area contributed by atoms with Crippen molar-refractivity contribution in [1.29, 1.82) is 0 Å². The summed E-state index contributed by atoms with van der Waals surface area (Å²) in [6.45, 7) is 0.823. The van der Waals surface area contributed by atoms with Gasteiger partial charge in [-0.25, -0.2) is 14.8 Å². The highest BCUT2D eigenvalue weighted by atomic mass is 35.5. The van der Waals surface area contributed by atoms with Crippen LogP contribution in [0.5, 0.6) is 0 Å². The molecule has 7 heteroatoms. The minimum absolute atomic E-state index is 0.132. The molecule has 2 heterocycles. The Hall–Kier alpha value is -2.63. The van der Waals surface area contributed by atoms with Gasteiger partial charge < -0.3 is 10.0 Å². The van der Waals surface area contributed by atoms with Gasteiger partial charge in [0.25, 0.3) is 0 Å². The van der Waals surface area contributed by atoms with Crippen molar-refractivity contribution in [3.63, 3.8) is 0 Å². The number of nitrogens with zero attached hydrogens (tertiary/aromatic N) is 3. The monoisotopic (exact) mass is 441 g/mol. The van der Waals surface area contributed by atoms with Gasteiger partial charge in [-0.1, -0.05) is 53.5 Å². The molecule has 0 aliphatic carbocycles. The van der Waals surface area contributed by atoms with Gasteiger partial charge in [0.05, 0.1) is 17.3 Å². The lowest BCUT2D eigenvalue weighted by molar-refractivity contribution is 0.0694. The smallest absolute Gasteiger partial charge is 0.339 e. The van der Waals surface area contributed by atoms with Gasteiger partial charge in [0.2, 0.25) is 5.95 Å². The van der Waals surface area contributed by atoms with E-state index in [1.54, 1.807) is 0 Å². The second kappa shape index (κ2) is 9.02. The molecule has 5 nitrogen and oxygen atoms in total. The van der Waals surface area contributed by atoms with Crippen LogP contribution in [0.3, 0.4) is 0 Å². The Kier molecular flexibility index (Phi) is 6.21. The highest BCUT2D eigenvalue weighted by Gasteiger charge is 2.29. The zero-order valence-electron chi connectivity index (χ0n) is 16.3. The van der Waals surface area contributed by atoms with E-state index < -0.39 is 5.97 Å². The van der Waals surface area contributed by atoms with E-state index in [-0.39, 0.29) is 11.6 Å². The minimum Gasteiger partial charge on any atom is -0.478 e. The van der Waals surface area contributed by atoms with Crippen LogP contribution < -0.4 is 4.90 Å². The van der Waals surface area contributed by atoms with Crippen molar-refractivity contribution in [2.75, 3.05) is 11.4 Å². The Morgan fingerprint density at radius 2 is 1.87 bits per heavy atom. The van der Waals surface area contributed by atoms with Crippen LogP contribution in [0.1, 0.15) is 46.1 Å². The van der Waals surface area contributed by atoms with Gasteiger partial charge in [0.1, 0.15) is 0 Å². The molecule has 1 saturated heterocycles. The Morgan fingerprint density at radius 1 is 1.10 bits per heavy atom. The van der Waals surface area contributed by atoms with Crippen LogP contribution in [-0.2, 0) is 12.8 Å². The highest BCUT2D eigenvalue weighted by molar-refractivity contribution is 6.31. The zero-order chi connectivity index (χ0) is 21.1. The first kappa shape index (κ1) is 20.6. The van der Waals surface area contributed by atoms with Crippen LogP contribution in [0.2, 0.25) is 10.0 Å². The summed E-state index contributed by atoms with van der Waals surface area (Å²) in [5.74, 6) is -0.460. The Morgan fingerprint density at radius 3 is 2.60 bits per heavy atom. The number of hydrogen-bond donors (Lipinski definition) is 1. The predicted molar refractivity (Wildman–Crippen MR) is 119 cm³/mol. The maximum absolute atomic E-state index is 11.7. The summed E-state index contributed by atoms with van der Waals surface area (Å²) in [5, 5.41) is 11.0. The molecule has 0 unspecified atom stereocenters. The number of aryl methyl sites for hydroxylation is 2. The molecule has 1 aliphatic rings. The van der Waals surface area contributed by atoms with E-state index in [0.717, 1.165) is 30.5 Å². The Balaban J connectivity index is 1.62. The fourth-order valence-corrected chi connectivity index (χ4v) is 4.26. The van der Waals surface area contributed by atoms with Crippen LogP contribution >= 0.6 is 23.2 Å². The molecular formula is C23H21Cl2N3O2. The van der Waals surface area contributed by atoms with Gasteiger partial charge >= 0.3 is 5.97 Å². The van der Waals surface area contributed by atoms with Crippen LogP contribution in [0.15, 0.2) is 54.7 Å². The number of carboxylic acid groups (broad SMARTS) is 1. The fourth-order valence-electron chi connectivity index (χ4n) is 3.91. The molecule has 1 aliphatic heterocycles. The molecule has 1 fully saturated rings. The summed E-state index contributed by atoms with van der Waals surface area (Å²) in [6.07, 6.45) is 4.51. The number of aromatic carboxylic acids is 1. The molecule has 0 saturated carbocycles. The average Bonchev–Trinajstić information content (AvgIpc) is 3.23. The largest absolute Gasteiger partial charge is 0.478 e. The quantitative estimate of drug-likeness (QED) is 0.538. The van der Waals surface area contributed by atoms with Gasteiger partial charge in [-0.3, -0.25) is 0 Å². The molecule has 0 spiro atoms. The van der Waals surface area contributed by atoms with E-state index in [4.69, 9.17) is 23.2 Å². The van der Waals surface area contributed by atoms with Gasteiger partial charge in [0, 0.05) is 22.8 Å². The maximum Gasteiger partial charge on any atom is 0.339 e. The molecule has 0 amide bonds. The second-order valence-corrected chi connectivity index (χ2v) is 8.17. The van der Waals surface area contributed by atoms with Crippen LogP contribution in [0.4, 0.5) is 5.95 Å². The third-order valence-corrected chi connectivity index (χ3v) is 6.06. The number of benzene rings is 2. The first-order valence-electron chi connectivity index (χ1n) is 9.87. The predicted octanol–water partition coefficient (Wildman–Crippen LogP) is 5.61. The second-order valence-electron chi connectivity index (χ2n) is 7.33. The van der Waals surface area contributed by atoms with Gasteiger partial charge in [-0.2, -0.15) is 0 Å². The van der Waals surface area contributed by atoms with Gasteiger partial charge in [-0.05, 0) is 55.0 Å². The zero-order valence-corrected chi connectivity index (χ0v) is 17.8. The summed E-state index contributed by atoms with van der Waals surface area (Å²) in [6, 6.07) is 15.5. The van der Waals surface area contributed by atoms with E-state index in [0.29, 0.717) is 34.5 Å². The standard InChI is InChI=1S/C23H21Cl2N3O2/c24-17-10-7-16(8-11-17)21-6-3-13-28(21)23-26-14-18(22(29)30)20(27-23)12-9-15-4-1-2-5-19(15)25/h1-2,4-5,7-8,10-11,14,21H,3,6,9,12-13H2,(H,29,30)/t21-/m0/s1.